The molecule has 0 aromatic heterocycles. The van der Waals surface area contributed by atoms with Gasteiger partial charge in [-0.25, -0.2) is 4.79 Å². The maximum absolute atomic E-state index is 12.7. The van der Waals surface area contributed by atoms with E-state index in [0.717, 1.165) is 4.90 Å². The van der Waals surface area contributed by atoms with Crippen molar-refractivity contribution in [3.05, 3.63) is 29.5 Å². The number of ether oxygens (including phenoxy) is 2. The monoisotopic (exact) mass is 320 g/mol. The van der Waals surface area contributed by atoms with E-state index in [1.807, 2.05) is 6.92 Å². The summed E-state index contributed by atoms with van der Waals surface area (Å²) in [7, 11) is 2.92. The number of nitrogens with one attached hydrogen (secondary N) is 1. The molecule has 0 saturated heterocycles. The van der Waals surface area contributed by atoms with E-state index in [9.17, 15) is 14.7 Å². The van der Waals surface area contributed by atoms with E-state index in [2.05, 4.69) is 5.32 Å². The molecule has 0 bridgehead atoms. The highest BCUT2D eigenvalue weighted by molar-refractivity contribution is 6.18. The summed E-state index contributed by atoms with van der Waals surface area (Å²) in [5, 5.41) is 12.5. The highest BCUT2D eigenvalue weighted by Gasteiger charge is 2.37. The number of Topliss-reactive ketones (excluding diaryl/α,β-unsaturated/α-hetero) is 1. The van der Waals surface area contributed by atoms with Crippen LogP contribution in [0.25, 0.3) is 0 Å². The molecular formula is C16H20N2O5. The van der Waals surface area contributed by atoms with Gasteiger partial charge in [-0.15, -0.1) is 0 Å². The number of fused-ring (bicyclic) bond motifs is 1. The number of rotatable bonds is 4. The van der Waals surface area contributed by atoms with Crippen molar-refractivity contribution in [2.24, 2.45) is 0 Å². The average molecular weight is 320 g/mol. The summed E-state index contributed by atoms with van der Waals surface area (Å²) < 4.78 is 10.4. The van der Waals surface area contributed by atoms with E-state index in [1.54, 1.807) is 13.1 Å². The maximum atomic E-state index is 12.7. The minimum atomic E-state index is -1.14. The van der Waals surface area contributed by atoms with Crippen LogP contribution in [0.4, 0.5) is 10.5 Å². The lowest BCUT2D eigenvalue weighted by atomic mass is 9.90. The third kappa shape index (κ3) is 2.81. The van der Waals surface area contributed by atoms with Crippen LogP contribution in [0, 0.1) is 0 Å². The number of amides is 1. The summed E-state index contributed by atoms with van der Waals surface area (Å²) in [6.45, 7) is 4.20. The first-order chi connectivity index (χ1) is 11.0. The predicted molar refractivity (Wildman–Crippen MR) is 85.6 cm³/mol. The van der Waals surface area contributed by atoms with Crippen molar-refractivity contribution < 1.29 is 24.2 Å². The minimum absolute atomic E-state index is 0.230. The number of carbonyl (C=O) groups excluding carboxylic acids is 1. The largest absolute Gasteiger partial charge is 0.493 e. The fraction of sp³-hybridized carbons (Fsp3) is 0.375. The van der Waals surface area contributed by atoms with Crippen molar-refractivity contribution >= 4 is 17.6 Å². The van der Waals surface area contributed by atoms with E-state index in [4.69, 9.17) is 9.47 Å². The molecule has 1 aromatic rings. The van der Waals surface area contributed by atoms with Crippen molar-refractivity contribution in [1.29, 1.82) is 0 Å². The highest BCUT2D eigenvalue weighted by Crippen LogP contribution is 2.40. The van der Waals surface area contributed by atoms with Gasteiger partial charge in [0.05, 0.1) is 31.5 Å². The van der Waals surface area contributed by atoms with E-state index in [0.29, 0.717) is 29.3 Å². The van der Waals surface area contributed by atoms with Gasteiger partial charge in [-0.1, -0.05) is 0 Å². The SMILES string of the molecule is CCNC=C1C(=O)c2cc(OC)c(OC)cc2N(C(=O)O)C1C. The number of ketones is 1. The molecule has 23 heavy (non-hydrogen) atoms. The van der Waals surface area contributed by atoms with E-state index in [1.165, 1.54) is 26.4 Å². The van der Waals surface area contributed by atoms with Crippen LogP contribution in [0.1, 0.15) is 24.2 Å². The van der Waals surface area contributed by atoms with Gasteiger partial charge < -0.3 is 19.9 Å². The fourth-order valence-corrected chi connectivity index (χ4v) is 2.61. The third-order valence-corrected chi connectivity index (χ3v) is 3.77. The first-order valence-electron chi connectivity index (χ1n) is 7.22. The molecule has 7 nitrogen and oxygen atoms in total. The van der Waals surface area contributed by atoms with Crippen LogP contribution in [-0.4, -0.2) is 43.8 Å². The van der Waals surface area contributed by atoms with Gasteiger partial charge in [-0.3, -0.25) is 9.69 Å². The molecule has 2 N–H and O–H groups in total. The van der Waals surface area contributed by atoms with Crippen molar-refractivity contribution in [2.45, 2.75) is 19.9 Å². The average Bonchev–Trinajstić information content (AvgIpc) is 2.53. The van der Waals surface area contributed by atoms with Gasteiger partial charge in [-0.05, 0) is 19.9 Å². The van der Waals surface area contributed by atoms with Gasteiger partial charge in [0, 0.05) is 24.4 Å². The molecule has 0 aliphatic carbocycles. The quantitative estimate of drug-likeness (QED) is 0.827. The molecule has 124 valence electrons. The first kappa shape index (κ1) is 16.7. The Bertz CT molecular complexity index is 669. The zero-order chi connectivity index (χ0) is 17.1. The number of carbonyl (C=O) groups is 2. The Labute approximate surface area is 134 Å². The molecule has 0 saturated carbocycles. The number of benzene rings is 1. The van der Waals surface area contributed by atoms with Crippen LogP contribution in [0.2, 0.25) is 0 Å². The lowest BCUT2D eigenvalue weighted by molar-refractivity contribution is 0.102. The predicted octanol–water partition coefficient (Wildman–Crippen LogP) is 2.27. The van der Waals surface area contributed by atoms with Gasteiger partial charge in [-0.2, -0.15) is 0 Å². The summed E-state index contributed by atoms with van der Waals surface area (Å²) in [5.41, 5.74) is 0.947. The van der Waals surface area contributed by atoms with Crippen LogP contribution >= 0.6 is 0 Å². The zero-order valence-electron chi connectivity index (χ0n) is 13.5. The second-order valence-electron chi connectivity index (χ2n) is 5.04. The summed E-state index contributed by atoms with van der Waals surface area (Å²) in [6, 6.07) is 2.42. The molecule has 1 atom stereocenters. The highest BCUT2D eigenvalue weighted by atomic mass is 16.5. The summed E-state index contributed by atoms with van der Waals surface area (Å²) >= 11 is 0. The molecule has 0 spiro atoms. The summed E-state index contributed by atoms with van der Waals surface area (Å²) in [5.74, 6) is 0.519. The van der Waals surface area contributed by atoms with E-state index in [-0.39, 0.29) is 11.3 Å². The fourth-order valence-electron chi connectivity index (χ4n) is 2.61. The number of methoxy groups -OCH3 is 2. The lowest BCUT2D eigenvalue weighted by Gasteiger charge is -2.34. The van der Waals surface area contributed by atoms with Crippen molar-refractivity contribution in [3.8, 4) is 11.5 Å². The number of nitrogens with zero attached hydrogens (tertiary/aromatic N) is 1. The normalized spacial score (nSPS) is 18.6. The first-order valence-corrected chi connectivity index (χ1v) is 7.22. The smallest absolute Gasteiger partial charge is 0.412 e. The molecule has 1 amide bonds. The minimum Gasteiger partial charge on any atom is -0.493 e. The second kappa shape index (κ2) is 6.60. The number of anilines is 1. The van der Waals surface area contributed by atoms with Gasteiger partial charge in [0.2, 0.25) is 0 Å². The number of hydrogen-bond acceptors (Lipinski definition) is 5. The molecule has 1 aromatic carbocycles. The zero-order valence-corrected chi connectivity index (χ0v) is 13.5. The third-order valence-electron chi connectivity index (χ3n) is 3.77. The van der Waals surface area contributed by atoms with Crippen LogP contribution < -0.4 is 19.7 Å². The number of hydrogen-bond donors (Lipinski definition) is 2. The van der Waals surface area contributed by atoms with Crippen molar-refractivity contribution in [2.75, 3.05) is 25.7 Å². The summed E-state index contributed by atoms with van der Waals surface area (Å²) in [6.07, 6.45) is 0.434. The lowest BCUT2D eigenvalue weighted by Crippen LogP contribution is -2.45. The van der Waals surface area contributed by atoms with Gasteiger partial charge in [0.15, 0.2) is 17.3 Å². The van der Waals surface area contributed by atoms with Crippen LogP contribution in [0.15, 0.2) is 23.9 Å². The molecule has 0 fully saturated rings. The van der Waals surface area contributed by atoms with E-state index >= 15 is 0 Å². The number of carboxylic acid groups (broad SMARTS) is 1. The molecule has 1 unspecified atom stereocenters. The van der Waals surface area contributed by atoms with Gasteiger partial charge in [0.25, 0.3) is 0 Å². The Morgan fingerprint density at radius 2 is 1.96 bits per heavy atom. The molecule has 7 heteroatoms. The molecule has 1 heterocycles. The van der Waals surface area contributed by atoms with Crippen LogP contribution in [-0.2, 0) is 0 Å². The molecule has 2 rings (SSSR count). The second-order valence-corrected chi connectivity index (χ2v) is 5.04. The molecular weight excluding hydrogens is 300 g/mol. The topological polar surface area (TPSA) is 88.1 Å². The van der Waals surface area contributed by atoms with Crippen molar-refractivity contribution in [1.82, 2.24) is 5.32 Å². The molecule has 1 aliphatic rings. The Morgan fingerprint density at radius 1 is 1.35 bits per heavy atom. The Kier molecular flexibility index (Phi) is 4.78. The van der Waals surface area contributed by atoms with Gasteiger partial charge in [0.1, 0.15) is 0 Å². The van der Waals surface area contributed by atoms with Gasteiger partial charge >= 0.3 is 6.09 Å². The summed E-state index contributed by atoms with van der Waals surface area (Å²) in [4.78, 5) is 25.6. The molecule has 0 radical (unpaired) electrons. The molecule has 1 aliphatic heterocycles. The van der Waals surface area contributed by atoms with Crippen molar-refractivity contribution in [3.63, 3.8) is 0 Å². The maximum Gasteiger partial charge on any atom is 0.412 e. The van der Waals surface area contributed by atoms with Crippen LogP contribution in [0.5, 0.6) is 11.5 Å². The van der Waals surface area contributed by atoms with Crippen LogP contribution in [0.3, 0.4) is 0 Å². The Morgan fingerprint density at radius 3 is 2.48 bits per heavy atom. The standard InChI is InChI=1S/C16H20N2O5/c1-5-17-8-11-9(2)18(16(20)21)12-7-14(23-4)13(22-3)6-10(12)15(11)19/h6-9,17H,5H2,1-4H3,(H,20,21). The Balaban J connectivity index is 2.68. The Hall–Kier alpha value is -2.70. The van der Waals surface area contributed by atoms with E-state index < -0.39 is 12.1 Å².